The van der Waals surface area contributed by atoms with Crippen molar-refractivity contribution in [3.63, 3.8) is 0 Å². The molecule has 1 aromatic rings. The maximum atomic E-state index is 10.9. The number of thioether (sulfide) groups is 1. The SMILES string of the molecule is O=C(O)C1CCCC1SCc1ccco1. The van der Waals surface area contributed by atoms with Crippen LogP contribution in [0.4, 0.5) is 0 Å². The second-order valence-corrected chi connectivity index (χ2v) is 5.03. The van der Waals surface area contributed by atoms with E-state index in [2.05, 4.69) is 0 Å². The van der Waals surface area contributed by atoms with Crippen molar-refractivity contribution in [3.8, 4) is 0 Å². The summed E-state index contributed by atoms with van der Waals surface area (Å²) in [6, 6.07) is 3.79. The average Bonchev–Trinajstić information content (AvgIpc) is 2.86. The Kier molecular flexibility index (Phi) is 3.36. The summed E-state index contributed by atoms with van der Waals surface area (Å²) in [6.45, 7) is 0. The van der Waals surface area contributed by atoms with Crippen molar-refractivity contribution in [1.29, 1.82) is 0 Å². The first kappa shape index (κ1) is 10.6. The molecule has 1 N–H and O–H groups in total. The minimum atomic E-state index is -0.649. The van der Waals surface area contributed by atoms with Gasteiger partial charge in [0, 0.05) is 5.25 Å². The third-order valence-electron chi connectivity index (χ3n) is 2.79. The standard InChI is InChI=1S/C11H14O3S/c12-11(13)9-4-1-5-10(9)15-7-8-3-2-6-14-8/h2-3,6,9-10H,1,4-5,7H2,(H,12,13). The lowest BCUT2D eigenvalue weighted by Gasteiger charge is -2.13. The highest BCUT2D eigenvalue weighted by molar-refractivity contribution is 7.99. The topological polar surface area (TPSA) is 50.4 Å². The fraction of sp³-hybridized carbons (Fsp3) is 0.545. The zero-order valence-electron chi connectivity index (χ0n) is 8.39. The minimum Gasteiger partial charge on any atom is -0.481 e. The van der Waals surface area contributed by atoms with Crippen molar-refractivity contribution >= 4 is 17.7 Å². The molecular formula is C11H14O3S. The normalized spacial score (nSPS) is 25.6. The Morgan fingerprint density at radius 3 is 3.13 bits per heavy atom. The molecule has 0 amide bonds. The summed E-state index contributed by atoms with van der Waals surface area (Å²) < 4.78 is 5.22. The summed E-state index contributed by atoms with van der Waals surface area (Å²) in [5.74, 6) is 0.895. The van der Waals surface area contributed by atoms with Crippen LogP contribution in [0.15, 0.2) is 22.8 Å². The van der Waals surface area contributed by atoms with Crippen LogP contribution in [-0.4, -0.2) is 16.3 Å². The second-order valence-electron chi connectivity index (χ2n) is 3.80. The van der Waals surface area contributed by atoms with Gasteiger partial charge >= 0.3 is 5.97 Å². The lowest BCUT2D eigenvalue weighted by Crippen LogP contribution is -2.20. The Morgan fingerprint density at radius 1 is 1.60 bits per heavy atom. The van der Waals surface area contributed by atoms with Crippen LogP contribution in [0.25, 0.3) is 0 Å². The van der Waals surface area contributed by atoms with Crippen molar-refractivity contribution in [2.45, 2.75) is 30.3 Å². The molecule has 0 aliphatic heterocycles. The number of carboxylic acid groups (broad SMARTS) is 1. The van der Waals surface area contributed by atoms with Crippen LogP contribution in [-0.2, 0) is 10.5 Å². The Balaban J connectivity index is 1.86. The molecule has 2 unspecified atom stereocenters. The van der Waals surface area contributed by atoms with E-state index in [1.165, 1.54) is 0 Å². The van der Waals surface area contributed by atoms with E-state index in [9.17, 15) is 4.79 Å². The molecule has 1 saturated carbocycles. The predicted octanol–water partition coefficient (Wildman–Crippen LogP) is 2.77. The van der Waals surface area contributed by atoms with E-state index < -0.39 is 5.97 Å². The fourth-order valence-electron chi connectivity index (χ4n) is 1.99. The summed E-state index contributed by atoms with van der Waals surface area (Å²) in [6.07, 6.45) is 4.53. The lowest BCUT2D eigenvalue weighted by molar-refractivity contribution is -0.141. The molecule has 0 spiro atoms. The third kappa shape index (κ3) is 2.56. The average molecular weight is 226 g/mol. The smallest absolute Gasteiger partial charge is 0.307 e. The second kappa shape index (κ2) is 4.75. The van der Waals surface area contributed by atoms with Crippen molar-refractivity contribution in [3.05, 3.63) is 24.2 Å². The molecule has 1 aliphatic carbocycles. The molecule has 2 atom stereocenters. The molecule has 0 aromatic carbocycles. The fourth-order valence-corrected chi connectivity index (χ4v) is 3.35. The Hall–Kier alpha value is -0.900. The van der Waals surface area contributed by atoms with Crippen LogP contribution >= 0.6 is 11.8 Å². The van der Waals surface area contributed by atoms with Crippen LogP contribution in [0.1, 0.15) is 25.0 Å². The van der Waals surface area contributed by atoms with Crippen LogP contribution in [0.3, 0.4) is 0 Å². The van der Waals surface area contributed by atoms with Gasteiger partial charge in [0.1, 0.15) is 5.76 Å². The van der Waals surface area contributed by atoms with Gasteiger partial charge in [-0.3, -0.25) is 4.79 Å². The zero-order chi connectivity index (χ0) is 10.7. The molecule has 0 bridgehead atoms. The first-order valence-corrected chi connectivity index (χ1v) is 6.19. The zero-order valence-corrected chi connectivity index (χ0v) is 9.20. The Bertz CT molecular complexity index is 321. The van der Waals surface area contributed by atoms with Crippen LogP contribution in [0, 0.1) is 5.92 Å². The molecular weight excluding hydrogens is 212 g/mol. The molecule has 0 saturated heterocycles. The van der Waals surface area contributed by atoms with E-state index in [1.807, 2.05) is 12.1 Å². The number of hydrogen-bond acceptors (Lipinski definition) is 3. The highest BCUT2D eigenvalue weighted by Gasteiger charge is 2.33. The molecule has 1 fully saturated rings. The van der Waals surface area contributed by atoms with Gasteiger partial charge in [0.25, 0.3) is 0 Å². The molecule has 4 heteroatoms. The number of rotatable bonds is 4. The van der Waals surface area contributed by atoms with Crippen LogP contribution in [0.2, 0.25) is 0 Å². The van der Waals surface area contributed by atoms with Crippen molar-refractivity contribution in [2.24, 2.45) is 5.92 Å². The molecule has 1 heterocycles. The van der Waals surface area contributed by atoms with Crippen molar-refractivity contribution in [1.82, 2.24) is 0 Å². The first-order valence-electron chi connectivity index (χ1n) is 5.14. The molecule has 2 rings (SSSR count). The summed E-state index contributed by atoms with van der Waals surface area (Å²) in [5.41, 5.74) is 0. The number of hydrogen-bond donors (Lipinski definition) is 1. The first-order chi connectivity index (χ1) is 7.27. The highest BCUT2D eigenvalue weighted by Crippen LogP contribution is 2.36. The van der Waals surface area contributed by atoms with Gasteiger partial charge in [0.15, 0.2) is 0 Å². The Labute approximate surface area is 92.9 Å². The molecule has 1 aromatic heterocycles. The van der Waals surface area contributed by atoms with E-state index in [4.69, 9.17) is 9.52 Å². The number of carboxylic acids is 1. The van der Waals surface area contributed by atoms with Gasteiger partial charge in [-0.25, -0.2) is 0 Å². The van der Waals surface area contributed by atoms with Crippen LogP contribution < -0.4 is 0 Å². The summed E-state index contributed by atoms with van der Waals surface area (Å²) in [4.78, 5) is 10.9. The summed E-state index contributed by atoms with van der Waals surface area (Å²) in [7, 11) is 0. The van der Waals surface area contributed by atoms with Crippen molar-refractivity contribution in [2.75, 3.05) is 0 Å². The monoisotopic (exact) mass is 226 g/mol. The lowest BCUT2D eigenvalue weighted by atomic mass is 10.1. The van der Waals surface area contributed by atoms with Crippen molar-refractivity contribution < 1.29 is 14.3 Å². The number of furan rings is 1. The van der Waals surface area contributed by atoms with Gasteiger partial charge < -0.3 is 9.52 Å². The van der Waals surface area contributed by atoms with Gasteiger partial charge in [-0.15, -0.1) is 11.8 Å². The van der Waals surface area contributed by atoms with E-state index in [1.54, 1.807) is 18.0 Å². The minimum absolute atomic E-state index is 0.162. The summed E-state index contributed by atoms with van der Waals surface area (Å²) in [5, 5.41) is 9.26. The molecule has 0 radical (unpaired) electrons. The van der Waals surface area contributed by atoms with Gasteiger partial charge in [-0.05, 0) is 25.0 Å². The maximum absolute atomic E-state index is 10.9. The Morgan fingerprint density at radius 2 is 2.47 bits per heavy atom. The predicted molar refractivity (Wildman–Crippen MR) is 58.8 cm³/mol. The molecule has 1 aliphatic rings. The van der Waals surface area contributed by atoms with Gasteiger partial charge in [0.2, 0.25) is 0 Å². The molecule has 3 nitrogen and oxygen atoms in total. The van der Waals surface area contributed by atoms with E-state index in [-0.39, 0.29) is 11.2 Å². The quantitative estimate of drug-likeness (QED) is 0.857. The number of carbonyl (C=O) groups is 1. The van der Waals surface area contributed by atoms with Gasteiger partial charge in [-0.1, -0.05) is 6.42 Å². The third-order valence-corrected chi connectivity index (χ3v) is 4.23. The number of aliphatic carboxylic acids is 1. The molecule has 82 valence electrons. The summed E-state index contributed by atoms with van der Waals surface area (Å²) >= 11 is 1.70. The van der Waals surface area contributed by atoms with E-state index in [0.717, 1.165) is 30.8 Å². The van der Waals surface area contributed by atoms with Crippen LogP contribution in [0.5, 0.6) is 0 Å². The molecule has 15 heavy (non-hydrogen) atoms. The largest absolute Gasteiger partial charge is 0.481 e. The van der Waals surface area contributed by atoms with Gasteiger partial charge in [0.05, 0.1) is 17.9 Å². The van der Waals surface area contributed by atoms with E-state index >= 15 is 0 Å². The van der Waals surface area contributed by atoms with Gasteiger partial charge in [-0.2, -0.15) is 0 Å². The highest BCUT2D eigenvalue weighted by atomic mass is 32.2. The van der Waals surface area contributed by atoms with E-state index in [0.29, 0.717) is 0 Å². The maximum Gasteiger partial charge on any atom is 0.307 e.